The maximum absolute atomic E-state index is 11.1. The number of carboxylic acid groups (broad SMARTS) is 4. The van der Waals surface area contributed by atoms with Gasteiger partial charge in [-0.15, -0.1) is 0 Å². The fourth-order valence-corrected chi connectivity index (χ4v) is 1.72. The van der Waals surface area contributed by atoms with Crippen molar-refractivity contribution in [1.82, 2.24) is 0 Å². The molecule has 0 bridgehead atoms. The monoisotopic (exact) mass is 361 g/mol. The number of hydrogen-bond acceptors (Lipinski definition) is 7. The Morgan fingerprint density at radius 3 is 1.50 bits per heavy atom. The average Bonchev–Trinajstić information content (AvgIpc) is 2.52. The molecule has 134 valence electrons. The highest BCUT2D eigenvalue weighted by molar-refractivity contribution is 5.99. The zero-order valence-electron chi connectivity index (χ0n) is 12.8. The molecule has 26 heavy (non-hydrogen) atoms. The van der Waals surface area contributed by atoms with Crippen LogP contribution in [0.4, 0.5) is 11.4 Å². The van der Waals surface area contributed by atoms with Gasteiger partial charge in [-0.1, -0.05) is 6.07 Å². The summed E-state index contributed by atoms with van der Waals surface area (Å²) >= 11 is 0. The van der Waals surface area contributed by atoms with Crippen LogP contribution in [0.25, 0.3) is 0 Å². The molecule has 1 aromatic rings. The lowest BCUT2D eigenvalue weighted by Crippen LogP contribution is -2.15. The van der Waals surface area contributed by atoms with Gasteiger partial charge >= 0.3 is 23.9 Å². The van der Waals surface area contributed by atoms with Crippen LogP contribution in [0.5, 0.6) is 0 Å². The van der Waals surface area contributed by atoms with E-state index in [2.05, 4.69) is 10.6 Å². The number of nitrogens with one attached hydrogen (secondary N) is 2. The maximum Gasteiger partial charge on any atom is 0.352 e. The van der Waals surface area contributed by atoms with Crippen LogP contribution < -0.4 is 10.6 Å². The molecule has 0 heterocycles. The summed E-state index contributed by atoms with van der Waals surface area (Å²) in [6, 6.07) is 5.52. The average molecular weight is 361 g/mol. The molecule has 0 spiro atoms. The highest BCUT2D eigenvalue weighted by Gasteiger charge is 2.17. The van der Waals surface area contributed by atoms with E-state index in [0.717, 1.165) is 0 Å². The first kappa shape index (κ1) is 19.7. The minimum Gasteiger partial charge on any atom is -0.478 e. The summed E-state index contributed by atoms with van der Waals surface area (Å²) in [5, 5.41) is 49.1. The Kier molecular flexibility index (Phi) is 6.45. The summed E-state index contributed by atoms with van der Waals surface area (Å²) in [4.78, 5) is 43.5. The Morgan fingerprint density at radius 1 is 0.846 bits per heavy atom. The topological polar surface area (TPSA) is 197 Å². The molecular formula is C15H11N3O8. The first-order valence-electron chi connectivity index (χ1n) is 6.58. The van der Waals surface area contributed by atoms with E-state index in [-0.39, 0.29) is 16.9 Å². The van der Waals surface area contributed by atoms with Gasteiger partial charge in [0.1, 0.15) is 17.5 Å². The quantitative estimate of drug-likeness (QED) is 0.352. The van der Waals surface area contributed by atoms with E-state index in [1.165, 1.54) is 18.2 Å². The van der Waals surface area contributed by atoms with E-state index >= 15 is 0 Å². The summed E-state index contributed by atoms with van der Waals surface area (Å²) < 4.78 is 0. The molecule has 0 aliphatic rings. The minimum atomic E-state index is -1.60. The first-order valence-corrected chi connectivity index (χ1v) is 6.58. The van der Waals surface area contributed by atoms with Crippen molar-refractivity contribution in [2.24, 2.45) is 0 Å². The molecule has 0 fully saturated rings. The molecule has 0 saturated carbocycles. The number of hydrogen-bond donors (Lipinski definition) is 6. The number of nitrogens with zero attached hydrogens (tertiary/aromatic N) is 1. The summed E-state index contributed by atoms with van der Waals surface area (Å²) in [7, 11) is 0. The summed E-state index contributed by atoms with van der Waals surface area (Å²) in [6.45, 7) is 0. The summed E-state index contributed by atoms with van der Waals surface area (Å²) in [5.74, 6) is -6.29. The van der Waals surface area contributed by atoms with Gasteiger partial charge in [0.05, 0.1) is 29.1 Å². The molecule has 0 radical (unpaired) electrons. The number of carbonyl (C=O) groups is 4. The van der Waals surface area contributed by atoms with Crippen molar-refractivity contribution in [3.63, 3.8) is 0 Å². The lowest BCUT2D eigenvalue weighted by molar-refractivity contribution is -0.135. The smallest absolute Gasteiger partial charge is 0.352 e. The van der Waals surface area contributed by atoms with E-state index in [9.17, 15) is 24.4 Å². The third-order valence-corrected chi connectivity index (χ3v) is 2.71. The second kappa shape index (κ2) is 8.50. The third-order valence-electron chi connectivity index (χ3n) is 2.71. The van der Waals surface area contributed by atoms with Gasteiger partial charge in [0.15, 0.2) is 0 Å². The van der Waals surface area contributed by atoms with Crippen LogP contribution in [0.2, 0.25) is 0 Å². The first-order chi connectivity index (χ1) is 12.1. The number of nitriles is 1. The summed E-state index contributed by atoms with van der Waals surface area (Å²) in [5.41, 5.74) is -2.01. The van der Waals surface area contributed by atoms with Crippen molar-refractivity contribution in [2.45, 2.75) is 0 Å². The zero-order chi connectivity index (χ0) is 19.9. The van der Waals surface area contributed by atoms with E-state index < -0.39 is 35.3 Å². The van der Waals surface area contributed by atoms with Crippen molar-refractivity contribution < 1.29 is 39.6 Å². The molecule has 0 aromatic heterocycles. The van der Waals surface area contributed by atoms with Crippen LogP contribution >= 0.6 is 0 Å². The van der Waals surface area contributed by atoms with Crippen LogP contribution in [-0.2, 0) is 19.2 Å². The fraction of sp³-hybridized carbons (Fsp3) is 0. The van der Waals surface area contributed by atoms with Gasteiger partial charge in [-0.3, -0.25) is 0 Å². The lowest BCUT2D eigenvalue weighted by Gasteiger charge is -2.13. The molecule has 0 aliphatic carbocycles. The predicted molar refractivity (Wildman–Crippen MR) is 85.1 cm³/mol. The lowest BCUT2D eigenvalue weighted by atomic mass is 10.1. The Bertz CT molecular complexity index is 817. The molecule has 1 rings (SSSR count). The molecule has 11 nitrogen and oxygen atoms in total. The highest BCUT2D eigenvalue weighted by Crippen LogP contribution is 2.26. The van der Waals surface area contributed by atoms with Crippen LogP contribution in [-0.4, -0.2) is 44.3 Å². The molecule has 0 amide bonds. The summed E-state index contributed by atoms with van der Waals surface area (Å²) in [6.07, 6.45) is 0.743. The maximum atomic E-state index is 11.1. The number of benzene rings is 1. The van der Waals surface area contributed by atoms with Gasteiger partial charge in [-0.05, 0) is 12.1 Å². The Labute approximate surface area is 145 Å². The minimum absolute atomic E-state index is 0.132. The van der Waals surface area contributed by atoms with Crippen LogP contribution in [0, 0.1) is 11.3 Å². The molecule has 6 N–H and O–H groups in total. The van der Waals surface area contributed by atoms with E-state index in [4.69, 9.17) is 20.4 Å². The standard InChI is InChI=1S/C15H11N3O8/c16-6-7-8(17-10(14(23)24)4-12(19)20)2-1-3-9(7)18-11(15(25)26)5-13(21)22/h1-5,17-18H,(H,19,20)(H,21,22)(H,23,24)(H,25,26). The highest BCUT2D eigenvalue weighted by atomic mass is 16.4. The van der Waals surface area contributed by atoms with Gasteiger partial charge in [-0.25, -0.2) is 19.2 Å². The van der Waals surface area contributed by atoms with Crippen molar-refractivity contribution in [1.29, 1.82) is 5.26 Å². The van der Waals surface area contributed by atoms with Crippen LogP contribution in [0.15, 0.2) is 41.7 Å². The molecule has 11 heteroatoms. The van der Waals surface area contributed by atoms with E-state index in [1.54, 1.807) is 6.07 Å². The largest absolute Gasteiger partial charge is 0.478 e. The number of anilines is 2. The normalized spacial score (nSPS) is 11.2. The fourth-order valence-electron chi connectivity index (χ4n) is 1.72. The molecule has 0 atom stereocenters. The van der Waals surface area contributed by atoms with Gasteiger partial charge in [-0.2, -0.15) is 5.26 Å². The van der Waals surface area contributed by atoms with Gasteiger partial charge in [0.2, 0.25) is 0 Å². The molecule has 0 aliphatic heterocycles. The number of carboxylic acids is 4. The SMILES string of the molecule is N#Cc1c(NC(=CC(=O)O)C(=O)O)cccc1NC(=CC(=O)O)C(=O)O. The van der Waals surface area contributed by atoms with Crippen LogP contribution in [0.3, 0.4) is 0 Å². The predicted octanol–water partition coefficient (Wildman–Crippen LogP) is 0.488. The van der Waals surface area contributed by atoms with Gasteiger partial charge in [0, 0.05) is 0 Å². The van der Waals surface area contributed by atoms with Gasteiger partial charge in [0.25, 0.3) is 0 Å². The van der Waals surface area contributed by atoms with Crippen molar-refractivity contribution >= 4 is 35.3 Å². The Balaban J connectivity index is 3.36. The Morgan fingerprint density at radius 2 is 1.23 bits per heavy atom. The van der Waals surface area contributed by atoms with Crippen molar-refractivity contribution in [2.75, 3.05) is 10.6 Å². The van der Waals surface area contributed by atoms with Crippen molar-refractivity contribution in [3.05, 3.63) is 47.3 Å². The number of aliphatic carboxylic acids is 4. The van der Waals surface area contributed by atoms with Gasteiger partial charge < -0.3 is 31.1 Å². The van der Waals surface area contributed by atoms with Crippen molar-refractivity contribution in [3.8, 4) is 6.07 Å². The second-order valence-corrected chi connectivity index (χ2v) is 4.49. The molecular weight excluding hydrogens is 350 g/mol. The Hall–Kier alpha value is -4.33. The van der Waals surface area contributed by atoms with E-state index in [0.29, 0.717) is 12.2 Å². The van der Waals surface area contributed by atoms with Crippen LogP contribution in [0.1, 0.15) is 5.56 Å². The molecule has 1 aromatic carbocycles. The third kappa shape index (κ3) is 5.39. The zero-order valence-corrected chi connectivity index (χ0v) is 12.8. The number of rotatable bonds is 8. The molecule has 0 unspecified atom stereocenters. The second-order valence-electron chi connectivity index (χ2n) is 4.49. The molecule has 0 saturated heterocycles. The van der Waals surface area contributed by atoms with E-state index in [1.807, 2.05) is 0 Å².